The van der Waals surface area contributed by atoms with E-state index in [1.54, 1.807) is 17.0 Å². The molecule has 1 aliphatic carbocycles. The van der Waals surface area contributed by atoms with E-state index in [9.17, 15) is 14.0 Å². The molecular weight excluding hydrogens is 361 g/mol. The lowest BCUT2D eigenvalue weighted by molar-refractivity contribution is -0.142. The molecule has 28 heavy (non-hydrogen) atoms. The fourth-order valence-corrected chi connectivity index (χ4v) is 4.25. The summed E-state index contributed by atoms with van der Waals surface area (Å²) in [5.41, 5.74) is 0.951. The number of amides is 3. The summed E-state index contributed by atoms with van der Waals surface area (Å²) in [5, 5.41) is 3.16. The Hall–Kier alpha value is -2.15. The number of hydrogen-bond acceptors (Lipinski definition) is 3. The van der Waals surface area contributed by atoms with Crippen LogP contribution in [0.15, 0.2) is 24.3 Å². The number of carbonyl (C=O) groups excluding carboxylic acids is 2. The molecule has 7 heteroatoms. The maximum absolute atomic E-state index is 13.3. The number of carbonyl (C=O) groups is 2. The highest BCUT2D eigenvalue weighted by Crippen LogP contribution is 2.37. The lowest BCUT2D eigenvalue weighted by Crippen LogP contribution is -2.55. The van der Waals surface area contributed by atoms with Gasteiger partial charge in [0.2, 0.25) is 0 Å². The van der Waals surface area contributed by atoms with Crippen LogP contribution in [0.2, 0.25) is 0 Å². The lowest BCUT2D eigenvalue weighted by Gasteiger charge is -2.39. The quantitative estimate of drug-likeness (QED) is 0.861. The second kappa shape index (κ2) is 8.47. The highest BCUT2D eigenvalue weighted by Gasteiger charge is 2.34. The Morgan fingerprint density at radius 2 is 1.68 bits per heavy atom. The van der Waals surface area contributed by atoms with Crippen molar-refractivity contribution in [3.8, 4) is 0 Å². The first-order valence-electron chi connectivity index (χ1n) is 10.3. The van der Waals surface area contributed by atoms with Gasteiger partial charge < -0.3 is 19.9 Å². The van der Waals surface area contributed by atoms with Crippen LogP contribution in [0.3, 0.4) is 0 Å². The van der Waals surface area contributed by atoms with Crippen molar-refractivity contribution in [1.82, 2.24) is 15.1 Å². The normalized spacial score (nSPS) is 24.0. The molecule has 3 amide bonds. The number of urea groups is 1. The summed E-state index contributed by atoms with van der Waals surface area (Å²) < 4.78 is 18.8. The smallest absolute Gasteiger partial charge is 0.318 e. The fraction of sp³-hybridized carbons (Fsp3) is 0.619. The summed E-state index contributed by atoms with van der Waals surface area (Å²) >= 11 is 0. The largest absolute Gasteiger partial charge is 0.368 e. The van der Waals surface area contributed by atoms with Gasteiger partial charge in [0.25, 0.3) is 5.91 Å². The zero-order chi connectivity index (χ0) is 19.5. The average molecular weight is 389 g/mol. The number of piperazine rings is 1. The molecule has 0 aromatic heterocycles. The third kappa shape index (κ3) is 4.14. The number of rotatable bonds is 4. The lowest BCUT2D eigenvalue weighted by atomic mass is 9.77. The standard InChI is InChI=1S/C21H28FN3O3/c22-17-8-6-16(7-9-17)19(15-3-1-4-15)23-21(27)25-12-10-24(11-13-25)20(26)18-5-2-14-28-18/h6-9,15,18-19H,1-5,10-14H2,(H,23,27). The van der Waals surface area contributed by atoms with E-state index >= 15 is 0 Å². The molecule has 6 nitrogen and oxygen atoms in total. The minimum Gasteiger partial charge on any atom is -0.368 e. The summed E-state index contributed by atoms with van der Waals surface area (Å²) in [7, 11) is 0. The first kappa shape index (κ1) is 19.2. The van der Waals surface area contributed by atoms with Gasteiger partial charge in [-0.05, 0) is 49.3 Å². The molecule has 0 bridgehead atoms. The summed E-state index contributed by atoms with van der Waals surface area (Å²) in [6, 6.07) is 6.22. The number of hydrogen-bond donors (Lipinski definition) is 1. The Bertz CT molecular complexity index is 693. The van der Waals surface area contributed by atoms with Gasteiger partial charge in [0, 0.05) is 32.8 Å². The monoisotopic (exact) mass is 389 g/mol. The van der Waals surface area contributed by atoms with Gasteiger partial charge in [-0.15, -0.1) is 0 Å². The van der Waals surface area contributed by atoms with Gasteiger partial charge in [0.1, 0.15) is 11.9 Å². The van der Waals surface area contributed by atoms with Crippen molar-refractivity contribution in [2.45, 2.75) is 44.2 Å². The predicted octanol–water partition coefficient (Wildman–Crippen LogP) is 2.70. The van der Waals surface area contributed by atoms with Crippen molar-refractivity contribution in [2.75, 3.05) is 32.8 Å². The second-order valence-electron chi connectivity index (χ2n) is 7.98. The van der Waals surface area contributed by atoms with Crippen LogP contribution in [0.5, 0.6) is 0 Å². The zero-order valence-corrected chi connectivity index (χ0v) is 16.1. The number of halogens is 1. The summed E-state index contributed by atoms with van der Waals surface area (Å²) in [4.78, 5) is 28.9. The van der Waals surface area contributed by atoms with Gasteiger partial charge in [-0.2, -0.15) is 0 Å². The molecule has 3 fully saturated rings. The van der Waals surface area contributed by atoms with Crippen molar-refractivity contribution >= 4 is 11.9 Å². The first-order chi connectivity index (χ1) is 13.6. The minimum absolute atomic E-state index is 0.0521. The van der Waals surface area contributed by atoms with Crippen molar-refractivity contribution in [2.24, 2.45) is 5.92 Å². The van der Waals surface area contributed by atoms with E-state index in [1.807, 2.05) is 4.90 Å². The Kier molecular flexibility index (Phi) is 5.80. The van der Waals surface area contributed by atoms with Gasteiger partial charge in [-0.25, -0.2) is 9.18 Å². The number of nitrogens with zero attached hydrogens (tertiary/aromatic N) is 2. The maximum atomic E-state index is 13.3. The van der Waals surface area contributed by atoms with Crippen molar-refractivity contribution in [3.05, 3.63) is 35.6 Å². The van der Waals surface area contributed by atoms with Gasteiger partial charge in [0.15, 0.2) is 0 Å². The second-order valence-corrected chi connectivity index (χ2v) is 7.98. The Balaban J connectivity index is 1.33. The number of benzene rings is 1. The summed E-state index contributed by atoms with van der Waals surface area (Å²) in [6.45, 7) is 2.77. The SMILES string of the molecule is O=C(NC(c1ccc(F)cc1)C1CCC1)N1CCN(C(=O)C2CCCO2)CC1. The molecule has 2 aliphatic heterocycles. The molecule has 0 spiro atoms. The highest BCUT2D eigenvalue weighted by atomic mass is 19.1. The van der Waals surface area contributed by atoms with Crippen LogP contribution in [0.4, 0.5) is 9.18 Å². The molecule has 2 unspecified atom stereocenters. The van der Waals surface area contributed by atoms with Gasteiger partial charge in [0.05, 0.1) is 6.04 Å². The molecule has 0 radical (unpaired) electrons. The minimum atomic E-state index is -0.304. The zero-order valence-electron chi connectivity index (χ0n) is 16.1. The maximum Gasteiger partial charge on any atom is 0.318 e. The van der Waals surface area contributed by atoms with E-state index in [2.05, 4.69) is 5.32 Å². The van der Waals surface area contributed by atoms with Crippen LogP contribution in [-0.2, 0) is 9.53 Å². The van der Waals surface area contributed by atoms with Crippen LogP contribution >= 0.6 is 0 Å². The molecule has 2 saturated heterocycles. The van der Waals surface area contributed by atoms with Crippen LogP contribution in [0.1, 0.15) is 43.7 Å². The third-order valence-electron chi connectivity index (χ3n) is 6.21. The summed E-state index contributed by atoms with van der Waals surface area (Å²) in [6.07, 6.45) is 4.74. The molecule has 1 saturated carbocycles. The molecule has 152 valence electrons. The van der Waals surface area contributed by atoms with Crippen molar-refractivity contribution < 1.29 is 18.7 Å². The van der Waals surface area contributed by atoms with E-state index in [4.69, 9.17) is 4.74 Å². The van der Waals surface area contributed by atoms with Crippen molar-refractivity contribution in [3.63, 3.8) is 0 Å². The molecule has 1 aromatic rings. The fourth-order valence-electron chi connectivity index (χ4n) is 4.25. The Labute approximate surface area is 165 Å². The molecule has 1 N–H and O–H groups in total. The number of ether oxygens (including phenoxy) is 1. The van der Waals surface area contributed by atoms with E-state index in [-0.39, 0.29) is 29.9 Å². The average Bonchev–Trinajstić information content (AvgIpc) is 3.21. The summed E-state index contributed by atoms with van der Waals surface area (Å²) in [5.74, 6) is 0.183. The van der Waals surface area contributed by atoms with Crippen molar-refractivity contribution in [1.29, 1.82) is 0 Å². The predicted molar refractivity (Wildman–Crippen MR) is 102 cm³/mol. The van der Waals surface area contributed by atoms with E-state index in [0.29, 0.717) is 38.7 Å². The Morgan fingerprint density at radius 3 is 2.25 bits per heavy atom. The molecule has 2 atom stereocenters. The van der Waals surface area contributed by atoms with Gasteiger partial charge in [-0.3, -0.25) is 4.79 Å². The van der Waals surface area contributed by atoms with E-state index in [0.717, 1.165) is 31.2 Å². The van der Waals surface area contributed by atoms with Crippen LogP contribution < -0.4 is 5.32 Å². The van der Waals surface area contributed by atoms with Gasteiger partial charge >= 0.3 is 6.03 Å². The third-order valence-corrected chi connectivity index (χ3v) is 6.21. The Morgan fingerprint density at radius 1 is 1.00 bits per heavy atom. The van der Waals surface area contributed by atoms with E-state index in [1.165, 1.54) is 18.6 Å². The molecule has 3 aliphatic rings. The molecule has 4 rings (SSSR count). The first-order valence-corrected chi connectivity index (χ1v) is 10.3. The number of nitrogens with one attached hydrogen (secondary N) is 1. The van der Waals surface area contributed by atoms with Crippen LogP contribution in [-0.4, -0.2) is 60.6 Å². The van der Waals surface area contributed by atoms with Crippen LogP contribution in [0, 0.1) is 11.7 Å². The van der Waals surface area contributed by atoms with Gasteiger partial charge in [-0.1, -0.05) is 18.6 Å². The highest BCUT2D eigenvalue weighted by molar-refractivity contribution is 5.82. The topological polar surface area (TPSA) is 61.9 Å². The van der Waals surface area contributed by atoms with E-state index < -0.39 is 0 Å². The molecular formula is C21H28FN3O3. The molecule has 2 heterocycles. The molecule has 1 aromatic carbocycles. The van der Waals surface area contributed by atoms with Crippen LogP contribution in [0.25, 0.3) is 0 Å².